The van der Waals surface area contributed by atoms with Crippen LogP contribution in [-0.2, 0) is 0 Å². The maximum atomic E-state index is 12.8. The molecule has 0 spiro atoms. The molecule has 0 fully saturated rings. The molecule has 0 radical (unpaired) electrons. The SMILES string of the molecule is CCOc1ccc2ccccc2c1C(=O)NCC(O)c1sccc1C. The van der Waals surface area contributed by atoms with Gasteiger partial charge in [-0.15, -0.1) is 11.3 Å². The number of aryl methyl sites for hydroxylation is 1. The second-order valence-corrected chi connectivity index (χ2v) is 6.73. The lowest BCUT2D eigenvalue weighted by Gasteiger charge is -2.15. The summed E-state index contributed by atoms with van der Waals surface area (Å²) in [5.41, 5.74) is 1.54. The summed E-state index contributed by atoms with van der Waals surface area (Å²) in [4.78, 5) is 13.7. The van der Waals surface area contributed by atoms with Gasteiger partial charge in [0.1, 0.15) is 11.9 Å². The van der Waals surface area contributed by atoms with Crippen molar-refractivity contribution in [3.8, 4) is 5.75 Å². The maximum absolute atomic E-state index is 12.8. The molecule has 130 valence electrons. The number of thiophene rings is 1. The quantitative estimate of drug-likeness (QED) is 0.701. The minimum atomic E-state index is -0.713. The summed E-state index contributed by atoms with van der Waals surface area (Å²) in [6.07, 6.45) is -0.713. The Labute approximate surface area is 151 Å². The number of hydrogen-bond donors (Lipinski definition) is 2. The number of ether oxygens (including phenoxy) is 1. The van der Waals surface area contributed by atoms with Crippen molar-refractivity contribution in [3.63, 3.8) is 0 Å². The number of nitrogens with one attached hydrogen (secondary N) is 1. The van der Waals surface area contributed by atoms with Gasteiger partial charge in [0.2, 0.25) is 0 Å². The van der Waals surface area contributed by atoms with Gasteiger partial charge in [0, 0.05) is 11.4 Å². The van der Waals surface area contributed by atoms with Crippen LogP contribution in [0.15, 0.2) is 47.8 Å². The summed E-state index contributed by atoms with van der Waals surface area (Å²) in [6, 6.07) is 13.4. The Morgan fingerprint density at radius 1 is 1.24 bits per heavy atom. The summed E-state index contributed by atoms with van der Waals surface area (Å²) in [5, 5.41) is 16.9. The van der Waals surface area contributed by atoms with Gasteiger partial charge in [-0.2, -0.15) is 0 Å². The van der Waals surface area contributed by atoms with E-state index in [1.165, 1.54) is 11.3 Å². The van der Waals surface area contributed by atoms with Crippen LogP contribution in [0.2, 0.25) is 0 Å². The van der Waals surface area contributed by atoms with Crippen molar-refractivity contribution < 1.29 is 14.6 Å². The zero-order chi connectivity index (χ0) is 17.8. The fraction of sp³-hybridized carbons (Fsp3) is 0.250. The van der Waals surface area contributed by atoms with E-state index in [-0.39, 0.29) is 12.5 Å². The Balaban J connectivity index is 1.86. The smallest absolute Gasteiger partial charge is 0.255 e. The van der Waals surface area contributed by atoms with Gasteiger partial charge < -0.3 is 15.2 Å². The molecular formula is C20H21NO3S. The largest absolute Gasteiger partial charge is 0.493 e. The van der Waals surface area contributed by atoms with E-state index in [1.807, 2.05) is 61.7 Å². The van der Waals surface area contributed by atoms with Gasteiger partial charge in [0.15, 0.2) is 0 Å². The van der Waals surface area contributed by atoms with E-state index < -0.39 is 6.10 Å². The highest BCUT2D eigenvalue weighted by atomic mass is 32.1. The minimum Gasteiger partial charge on any atom is -0.493 e. The van der Waals surface area contributed by atoms with Crippen molar-refractivity contribution in [2.45, 2.75) is 20.0 Å². The van der Waals surface area contributed by atoms with E-state index in [0.717, 1.165) is 21.2 Å². The Morgan fingerprint density at radius 3 is 2.76 bits per heavy atom. The molecule has 2 aromatic carbocycles. The van der Waals surface area contributed by atoms with Gasteiger partial charge in [-0.1, -0.05) is 30.3 Å². The van der Waals surface area contributed by atoms with Gasteiger partial charge in [0.25, 0.3) is 5.91 Å². The molecule has 1 amide bonds. The lowest BCUT2D eigenvalue weighted by Crippen LogP contribution is -2.29. The van der Waals surface area contributed by atoms with Gasteiger partial charge in [0.05, 0.1) is 12.2 Å². The number of hydrogen-bond acceptors (Lipinski definition) is 4. The van der Waals surface area contributed by atoms with Crippen LogP contribution in [-0.4, -0.2) is 24.2 Å². The number of amides is 1. The molecule has 25 heavy (non-hydrogen) atoms. The molecule has 1 unspecified atom stereocenters. The second-order valence-electron chi connectivity index (χ2n) is 5.79. The summed E-state index contributed by atoms with van der Waals surface area (Å²) in [5.74, 6) is 0.314. The molecule has 0 aliphatic rings. The molecule has 5 heteroatoms. The van der Waals surface area contributed by atoms with Crippen LogP contribution in [0.1, 0.15) is 33.8 Å². The molecule has 0 saturated heterocycles. The third-order valence-electron chi connectivity index (χ3n) is 4.08. The molecular weight excluding hydrogens is 334 g/mol. The first-order valence-electron chi connectivity index (χ1n) is 8.26. The number of benzene rings is 2. The standard InChI is InChI=1S/C20H21NO3S/c1-3-24-17-9-8-14-6-4-5-7-15(14)18(17)20(23)21-12-16(22)19-13(2)10-11-25-19/h4-11,16,22H,3,12H2,1-2H3,(H,21,23). The van der Waals surface area contributed by atoms with Crippen LogP contribution in [0.3, 0.4) is 0 Å². The van der Waals surface area contributed by atoms with E-state index in [2.05, 4.69) is 5.32 Å². The predicted octanol–water partition coefficient (Wildman–Crippen LogP) is 4.07. The number of rotatable bonds is 6. The Kier molecular flexibility index (Phi) is 5.36. The van der Waals surface area contributed by atoms with Gasteiger partial charge in [-0.3, -0.25) is 4.79 Å². The molecule has 0 bridgehead atoms. The number of aliphatic hydroxyl groups excluding tert-OH is 1. The molecule has 1 aromatic heterocycles. The van der Waals surface area contributed by atoms with E-state index in [4.69, 9.17) is 4.74 Å². The molecule has 3 rings (SSSR count). The highest BCUT2D eigenvalue weighted by Gasteiger charge is 2.19. The van der Waals surface area contributed by atoms with Gasteiger partial charge in [-0.25, -0.2) is 0 Å². The van der Waals surface area contributed by atoms with Crippen LogP contribution in [0, 0.1) is 6.92 Å². The number of carbonyl (C=O) groups excluding carboxylic acids is 1. The first-order chi connectivity index (χ1) is 12.1. The van der Waals surface area contributed by atoms with Gasteiger partial charge >= 0.3 is 0 Å². The van der Waals surface area contributed by atoms with Crippen molar-refractivity contribution in [2.24, 2.45) is 0 Å². The number of fused-ring (bicyclic) bond motifs is 1. The average molecular weight is 355 g/mol. The van der Waals surface area contributed by atoms with Crippen molar-refractivity contribution in [2.75, 3.05) is 13.2 Å². The summed E-state index contributed by atoms with van der Waals surface area (Å²) in [6.45, 7) is 4.49. The predicted molar refractivity (Wildman–Crippen MR) is 101 cm³/mol. The first kappa shape index (κ1) is 17.5. The molecule has 3 aromatic rings. The van der Waals surface area contributed by atoms with Crippen LogP contribution in [0.4, 0.5) is 0 Å². The zero-order valence-electron chi connectivity index (χ0n) is 14.3. The number of carbonyl (C=O) groups is 1. The van der Waals surface area contributed by atoms with Crippen LogP contribution >= 0.6 is 11.3 Å². The van der Waals surface area contributed by atoms with E-state index >= 15 is 0 Å². The monoisotopic (exact) mass is 355 g/mol. The van der Waals surface area contributed by atoms with E-state index in [1.54, 1.807) is 0 Å². The third kappa shape index (κ3) is 3.67. The fourth-order valence-corrected chi connectivity index (χ4v) is 3.77. The van der Waals surface area contributed by atoms with Crippen molar-refractivity contribution in [1.29, 1.82) is 0 Å². The topological polar surface area (TPSA) is 58.6 Å². The molecule has 1 atom stereocenters. The maximum Gasteiger partial charge on any atom is 0.255 e. The second kappa shape index (κ2) is 7.68. The Morgan fingerprint density at radius 2 is 2.04 bits per heavy atom. The molecule has 4 nitrogen and oxygen atoms in total. The van der Waals surface area contributed by atoms with Crippen LogP contribution in [0.25, 0.3) is 10.8 Å². The molecule has 2 N–H and O–H groups in total. The van der Waals surface area contributed by atoms with Crippen molar-refractivity contribution in [3.05, 3.63) is 63.8 Å². The lowest BCUT2D eigenvalue weighted by molar-refractivity contribution is 0.0915. The molecule has 0 saturated carbocycles. The van der Waals surface area contributed by atoms with Crippen molar-refractivity contribution in [1.82, 2.24) is 5.32 Å². The highest BCUT2D eigenvalue weighted by Crippen LogP contribution is 2.29. The summed E-state index contributed by atoms with van der Waals surface area (Å²) in [7, 11) is 0. The molecule has 0 aliphatic carbocycles. The third-order valence-corrected chi connectivity index (χ3v) is 5.20. The van der Waals surface area contributed by atoms with Crippen molar-refractivity contribution >= 4 is 28.0 Å². The zero-order valence-corrected chi connectivity index (χ0v) is 15.1. The Hall–Kier alpha value is -2.37. The van der Waals surface area contributed by atoms with Crippen LogP contribution in [0.5, 0.6) is 5.75 Å². The first-order valence-corrected chi connectivity index (χ1v) is 9.14. The normalized spacial score (nSPS) is 12.1. The highest BCUT2D eigenvalue weighted by molar-refractivity contribution is 7.10. The minimum absolute atomic E-state index is 0.162. The van der Waals surface area contributed by atoms with E-state index in [0.29, 0.717) is 17.9 Å². The molecule has 1 heterocycles. The average Bonchev–Trinajstić information content (AvgIpc) is 3.05. The van der Waals surface area contributed by atoms with Crippen LogP contribution < -0.4 is 10.1 Å². The molecule has 0 aliphatic heterocycles. The summed E-state index contributed by atoms with van der Waals surface area (Å²) >= 11 is 1.49. The van der Waals surface area contributed by atoms with E-state index in [9.17, 15) is 9.90 Å². The summed E-state index contributed by atoms with van der Waals surface area (Å²) < 4.78 is 5.64. The number of aliphatic hydroxyl groups is 1. The van der Waals surface area contributed by atoms with Gasteiger partial charge in [-0.05, 0) is 47.7 Å². The lowest BCUT2D eigenvalue weighted by atomic mass is 10.0. The Bertz CT molecular complexity index is 888. The fourth-order valence-electron chi connectivity index (χ4n) is 2.86.